The molecule has 1 aliphatic rings. The van der Waals surface area contributed by atoms with Crippen LogP contribution in [0.5, 0.6) is 0 Å². The molecule has 2 aromatic carbocycles. The van der Waals surface area contributed by atoms with Crippen molar-refractivity contribution in [2.24, 2.45) is 0 Å². The maximum atomic E-state index is 11.3. The molecule has 3 aromatic rings. The van der Waals surface area contributed by atoms with E-state index in [1.807, 2.05) is 28.9 Å². The Labute approximate surface area is 175 Å². The first kappa shape index (κ1) is 19.8. The molecule has 0 spiro atoms. The molecular formula is C23H25N5O2. The van der Waals surface area contributed by atoms with Gasteiger partial charge in [-0.15, -0.1) is 0 Å². The van der Waals surface area contributed by atoms with E-state index in [2.05, 4.69) is 58.0 Å². The molecule has 0 saturated heterocycles. The summed E-state index contributed by atoms with van der Waals surface area (Å²) in [7, 11) is 0. The molecular weight excluding hydrogens is 378 g/mol. The maximum Gasteiger partial charge on any atom is 0.226 e. The highest BCUT2D eigenvalue weighted by molar-refractivity contribution is 5.89. The number of rotatable bonds is 6. The van der Waals surface area contributed by atoms with E-state index in [0.29, 0.717) is 24.6 Å². The van der Waals surface area contributed by atoms with Crippen LogP contribution in [0.4, 0.5) is 11.6 Å². The Morgan fingerprint density at radius 1 is 1.17 bits per heavy atom. The third-order valence-corrected chi connectivity index (χ3v) is 5.00. The van der Waals surface area contributed by atoms with Crippen molar-refractivity contribution in [1.29, 1.82) is 0 Å². The summed E-state index contributed by atoms with van der Waals surface area (Å²) in [5.41, 5.74) is 5.00. The lowest BCUT2D eigenvalue weighted by atomic mass is 10.0. The average molecular weight is 403 g/mol. The number of hydrogen-bond acceptors (Lipinski definition) is 5. The van der Waals surface area contributed by atoms with Gasteiger partial charge in [0.15, 0.2) is 5.82 Å². The number of aliphatic hydroxyl groups is 1. The second-order valence-corrected chi connectivity index (χ2v) is 7.44. The zero-order valence-electron chi connectivity index (χ0n) is 17.1. The van der Waals surface area contributed by atoms with Crippen LogP contribution in [0.15, 0.2) is 54.6 Å². The second-order valence-electron chi connectivity index (χ2n) is 7.44. The Morgan fingerprint density at radius 2 is 1.90 bits per heavy atom. The number of benzene rings is 2. The van der Waals surface area contributed by atoms with E-state index in [0.717, 1.165) is 22.5 Å². The van der Waals surface area contributed by atoms with E-state index in [1.165, 1.54) is 12.5 Å². The monoisotopic (exact) mass is 403 g/mol. The van der Waals surface area contributed by atoms with Crippen molar-refractivity contribution in [3.05, 3.63) is 77.1 Å². The van der Waals surface area contributed by atoms with Crippen LogP contribution in [0.3, 0.4) is 0 Å². The Morgan fingerprint density at radius 3 is 2.57 bits per heavy atom. The van der Waals surface area contributed by atoms with Gasteiger partial charge in [-0.05, 0) is 42.7 Å². The first-order valence-corrected chi connectivity index (χ1v) is 10.0. The van der Waals surface area contributed by atoms with Crippen molar-refractivity contribution in [3.63, 3.8) is 0 Å². The highest BCUT2D eigenvalue weighted by Gasteiger charge is 2.25. The zero-order chi connectivity index (χ0) is 21.1. The Kier molecular flexibility index (Phi) is 5.63. The van der Waals surface area contributed by atoms with Gasteiger partial charge in [0, 0.05) is 31.3 Å². The summed E-state index contributed by atoms with van der Waals surface area (Å²) in [5.74, 6) is 1.29. The first-order chi connectivity index (χ1) is 14.5. The SMILES string of the molecule is CC(=O)Nc1ccc(C2=CC(c3ccc(C)cc3)n3nc(CCCO)nc3N2)cc1. The van der Waals surface area contributed by atoms with Gasteiger partial charge in [0.25, 0.3) is 0 Å². The lowest BCUT2D eigenvalue weighted by molar-refractivity contribution is -0.114. The smallest absolute Gasteiger partial charge is 0.226 e. The van der Waals surface area contributed by atoms with Gasteiger partial charge in [-0.2, -0.15) is 10.1 Å². The summed E-state index contributed by atoms with van der Waals surface area (Å²) in [5, 5.41) is 20.0. The van der Waals surface area contributed by atoms with E-state index >= 15 is 0 Å². The van der Waals surface area contributed by atoms with E-state index in [-0.39, 0.29) is 18.6 Å². The van der Waals surface area contributed by atoms with Crippen LogP contribution in [0, 0.1) is 6.92 Å². The molecule has 3 N–H and O–H groups in total. The Hall–Kier alpha value is -3.45. The second kappa shape index (κ2) is 8.51. The number of nitrogens with zero attached hydrogens (tertiary/aromatic N) is 3. The largest absolute Gasteiger partial charge is 0.396 e. The summed E-state index contributed by atoms with van der Waals surface area (Å²) in [6, 6.07) is 16.0. The summed E-state index contributed by atoms with van der Waals surface area (Å²) in [6.45, 7) is 3.67. The summed E-state index contributed by atoms with van der Waals surface area (Å²) >= 11 is 0. The number of fused-ring (bicyclic) bond motifs is 1. The molecule has 0 saturated carbocycles. The van der Waals surface area contributed by atoms with E-state index < -0.39 is 0 Å². The van der Waals surface area contributed by atoms with Gasteiger partial charge in [-0.25, -0.2) is 4.68 Å². The fourth-order valence-electron chi connectivity index (χ4n) is 3.49. The number of aliphatic hydroxyl groups excluding tert-OH is 1. The normalized spacial score (nSPS) is 15.2. The number of amides is 1. The number of carbonyl (C=O) groups is 1. The molecule has 7 nitrogen and oxygen atoms in total. The quantitative estimate of drug-likeness (QED) is 0.586. The van der Waals surface area contributed by atoms with E-state index in [9.17, 15) is 4.79 Å². The minimum Gasteiger partial charge on any atom is -0.396 e. The molecule has 0 bridgehead atoms. The van der Waals surface area contributed by atoms with Crippen LogP contribution in [-0.4, -0.2) is 32.4 Å². The molecule has 1 aromatic heterocycles. The van der Waals surface area contributed by atoms with Gasteiger partial charge < -0.3 is 15.7 Å². The highest BCUT2D eigenvalue weighted by Crippen LogP contribution is 2.33. The first-order valence-electron chi connectivity index (χ1n) is 10.0. The van der Waals surface area contributed by atoms with Gasteiger partial charge in [-0.1, -0.05) is 42.0 Å². The van der Waals surface area contributed by atoms with Crippen LogP contribution < -0.4 is 10.6 Å². The molecule has 154 valence electrons. The average Bonchev–Trinajstić information content (AvgIpc) is 3.15. The Balaban J connectivity index is 1.70. The van der Waals surface area contributed by atoms with Crippen molar-refractivity contribution in [1.82, 2.24) is 14.8 Å². The summed E-state index contributed by atoms with van der Waals surface area (Å²) in [6.07, 6.45) is 3.39. The topological polar surface area (TPSA) is 92.1 Å². The molecule has 0 radical (unpaired) electrons. The van der Waals surface area contributed by atoms with Gasteiger partial charge >= 0.3 is 0 Å². The van der Waals surface area contributed by atoms with Crippen molar-refractivity contribution >= 4 is 23.2 Å². The molecule has 0 fully saturated rings. The number of allylic oxidation sites excluding steroid dienone is 1. The van der Waals surface area contributed by atoms with E-state index in [4.69, 9.17) is 5.11 Å². The predicted molar refractivity (Wildman–Crippen MR) is 117 cm³/mol. The van der Waals surface area contributed by atoms with Gasteiger partial charge in [0.1, 0.15) is 6.04 Å². The van der Waals surface area contributed by atoms with Crippen LogP contribution in [0.1, 0.15) is 41.9 Å². The van der Waals surface area contributed by atoms with E-state index in [1.54, 1.807) is 0 Å². The molecule has 2 heterocycles. The van der Waals surface area contributed by atoms with Crippen molar-refractivity contribution in [2.75, 3.05) is 17.2 Å². The minimum atomic E-state index is -0.0966. The third kappa shape index (κ3) is 4.26. The van der Waals surface area contributed by atoms with Crippen molar-refractivity contribution in [2.45, 2.75) is 32.7 Å². The Bertz CT molecular complexity index is 1070. The molecule has 1 amide bonds. The number of hydrogen-bond donors (Lipinski definition) is 3. The number of aromatic nitrogens is 3. The fourth-order valence-corrected chi connectivity index (χ4v) is 3.49. The molecule has 1 aliphatic heterocycles. The molecule has 4 rings (SSSR count). The highest BCUT2D eigenvalue weighted by atomic mass is 16.3. The lowest BCUT2D eigenvalue weighted by Gasteiger charge is -2.24. The number of aryl methyl sites for hydroxylation is 2. The standard InChI is InChI=1S/C23H25N5O2/c1-15-5-7-18(8-6-15)21-14-20(17-9-11-19(12-10-17)24-16(2)30)25-23-26-22(4-3-13-29)27-28(21)23/h5-12,14,21,29H,3-4,13H2,1-2H3,(H,24,30)(H,25,26,27). The predicted octanol–water partition coefficient (Wildman–Crippen LogP) is 3.53. The van der Waals surface area contributed by atoms with Crippen LogP contribution >= 0.6 is 0 Å². The van der Waals surface area contributed by atoms with Crippen LogP contribution in [0.25, 0.3) is 5.70 Å². The van der Waals surface area contributed by atoms with Gasteiger partial charge in [-0.3, -0.25) is 4.79 Å². The third-order valence-electron chi connectivity index (χ3n) is 5.00. The number of carbonyl (C=O) groups excluding carboxylic acids is 1. The number of anilines is 2. The van der Waals surface area contributed by atoms with Crippen molar-refractivity contribution in [3.8, 4) is 0 Å². The maximum absolute atomic E-state index is 11.3. The fraction of sp³-hybridized carbons (Fsp3) is 0.261. The minimum absolute atomic E-state index is 0.0951. The summed E-state index contributed by atoms with van der Waals surface area (Å²) < 4.78 is 1.90. The molecule has 0 aliphatic carbocycles. The van der Waals surface area contributed by atoms with Crippen LogP contribution in [-0.2, 0) is 11.2 Å². The molecule has 30 heavy (non-hydrogen) atoms. The molecule has 1 unspecified atom stereocenters. The van der Waals surface area contributed by atoms with Gasteiger partial charge in [0.2, 0.25) is 11.9 Å². The zero-order valence-corrected chi connectivity index (χ0v) is 17.1. The van der Waals surface area contributed by atoms with Gasteiger partial charge in [0.05, 0.1) is 0 Å². The van der Waals surface area contributed by atoms with Crippen LogP contribution in [0.2, 0.25) is 0 Å². The van der Waals surface area contributed by atoms with Crippen molar-refractivity contribution < 1.29 is 9.90 Å². The summed E-state index contributed by atoms with van der Waals surface area (Å²) in [4.78, 5) is 15.9. The number of nitrogens with one attached hydrogen (secondary N) is 2. The molecule has 1 atom stereocenters. The lowest BCUT2D eigenvalue weighted by Crippen LogP contribution is -2.20. The molecule has 7 heteroatoms.